The van der Waals surface area contributed by atoms with Gasteiger partial charge in [-0.1, -0.05) is 32.0 Å². The van der Waals surface area contributed by atoms with Crippen molar-refractivity contribution in [2.24, 2.45) is 5.92 Å². The molecule has 1 aromatic carbocycles. The normalized spacial score (nSPS) is 12.4. The van der Waals surface area contributed by atoms with Crippen molar-refractivity contribution in [3.63, 3.8) is 0 Å². The maximum absolute atomic E-state index is 11.0. The number of fused-ring (bicyclic) bond motifs is 1. The molecular formula is C15H16O2. The highest BCUT2D eigenvalue weighted by Gasteiger charge is 2.10. The van der Waals surface area contributed by atoms with E-state index in [1.165, 1.54) is 0 Å². The molecule has 0 N–H and O–H groups in total. The Morgan fingerprint density at radius 2 is 2.00 bits per heavy atom. The Morgan fingerprint density at radius 1 is 1.29 bits per heavy atom. The van der Waals surface area contributed by atoms with E-state index in [9.17, 15) is 4.79 Å². The average molecular weight is 228 g/mol. The van der Waals surface area contributed by atoms with Crippen molar-refractivity contribution in [3.05, 3.63) is 41.2 Å². The van der Waals surface area contributed by atoms with Crippen LogP contribution in [0.25, 0.3) is 17.0 Å². The van der Waals surface area contributed by atoms with Crippen molar-refractivity contribution in [1.29, 1.82) is 0 Å². The SMILES string of the molecule is Cc1oc2ccccc2c1/C=C(\C=O)C(C)C. The first-order valence-electron chi connectivity index (χ1n) is 5.78. The van der Waals surface area contributed by atoms with Gasteiger partial charge in [0.1, 0.15) is 17.6 Å². The second-order valence-electron chi connectivity index (χ2n) is 4.48. The standard InChI is InChI=1S/C15H16O2/c1-10(2)12(9-16)8-14-11(3)17-15-7-5-4-6-13(14)15/h4-10H,1-3H3/b12-8+. The lowest BCUT2D eigenvalue weighted by atomic mass is 10.0. The number of hydrogen-bond donors (Lipinski definition) is 0. The number of furan rings is 1. The minimum Gasteiger partial charge on any atom is -0.461 e. The van der Waals surface area contributed by atoms with Gasteiger partial charge in [-0.15, -0.1) is 0 Å². The molecule has 0 aliphatic rings. The Balaban J connectivity index is 2.62. The van der Waals surface area contributed by atoms with Crippen LogP contribution in [0.3, 0.4) is 0 Å². The molecule has 88 valence electrons. The van der Waals surface area contributed by atoms with Crippen LogP contribution in [0.15, 0.2) is 34.3 Å². The zero-order valence-electron chi connectivity index (χ0n) is 10.4. The third-order valence-electron chi connectivity index (χ3n) is 2.93. The van der Waals surface area contributed by atoms with Crippen LogP contribution in [0.2, 0.25) is 0 Å². The van der Waals surface area contributed by atoms with Gasteiger partial charge >= 0.3 is 0 Å². The number of carbonyl (C=O) groups is 1. The second kappa shape index (κ2) is 4.58. The summed E-state index contributed by atoms with van der Waals surface area (Å²) in [5.74, 6) is 1.08. The summed E-state index contributed by atoms with van der Waals surface area (Å²) in [7, 11) is 0. The van der Waals surface area contributed by atoms with Gasteiger partial charge in [0.05, 0.1) is 0 Å². The molecule has 2 aromatic rings. The summed E-state index contributed by atoms with van der Waals surface area (Å²) in [6, 6.07) is 7.88. The first kappa shape index (κ1) is 11.6. The molecule has 0 bridgehead atoms. The molecular weight excluding hydrogens is 212 g/mol. The first-order valence-corrected chi connectivity index (χ1v) is 5.78. The summed E-state index contributed by atoms with van der Waals surface area (Å²) in [5, 5.41) is 1.06. The zero-order valence-corrected chi connectivity index (χ0v) is 10.4. The van der Waals surface area contributed by atoms with E-state index in [1.807, 2.05) is 51.1 Å². The van der Waals surface area contributed by atoms with E-state index >= 15 is 0 Å². The monoisotopic (exact) mass is 228 g/mol. The van der Waals surface area contributed by atoms with Crippen LogP contribution in [0.1, 0.15) is 25.2 Å². The summed E-state index contributed by atoms with van der Waals surface area (Å²) in [6.45, 7) is 5.95. The second-order valence-corrected chi connectivity index (χ2v) is 4.48. The van der Waals surface area contributed by atoms with Gasteiger partial charge in [-0.05, 0) is 30.6 Å². The highest BCUT2D eigenvalue weighted by atomic mass is 16.3. The molecule has 0 saturated heterocycles. The molecule has 0 saturated carbocycles. The third-order valence-corrected chi connectivity index (χ3v) is 2.93. The number of para-hydroxylation sites is 1. The minimum absolute atomic E-state index is 0.223. The number of aryl methyl sites for hydroxylation is 1. The van der Waals surface area contributed by atoms with Crippen LogP contribution in [0.4, 0.5) is 0 Å². The number of carbonyl (C=O) groups excluding carboxylic acids is 1. The molecule has 0 amide bonds. The molecule has 0 spiro atoms. The van der Waals surface area contributed by atoms with Gasteiger partial charge in [0, 0.05) is 10.9 Å². The quantitative estimate of drug-likeness (QED) is 0.587. The Morgan fingerprint density at radius 3 is 2.65 bits per heavy atom. The number of benzene rings is 1. The summed E-state index contributed by atoms with van der Waals surface area (Å²) < 4.78 is 5.66. The van der Waals surface area contributed by atoms with Gasteiger partial charge in [0.2, 0.25) is 0 Å². The molecule has 1 heterocycles. The van der Waals surface area contributed by atoms with Crippen LogP contribution in [0.5, 0.6) is 0 Å². The molecule has 2 nitrogen and oxygen atoms in total. The van der Waals surface area contributed by atoms with Crippen molar-refractivity contribution in [3.8, 4) is 0 Å². The van der Waals surface area contributed by atoms with Crippen molar-refractivity contribution in [2.75, 3.05) is 0 Å². The van der Waals surface area contributed by atoms with Gasteiger partial charge in [-0.2, -0.15) is 0 Å². The summed E-state index contributed by atoms with van der Waals surface area (Å²) >= 11 is 0. The Hall–Kier alpha value is -1.83. The summed E-state index contributed by atoms with van der Waals surface area (Å²) in [6.07, 6.45) is 2.85. The number of aldehydes is 1. The molecule has 17 heavy (non-hydrogen) atoms. The predicted octanol–water partition coefficient (Wildman–Crippen LogP) is 3.98. The third kappa shape index (κ3) is 2.16. The van der Waals surface area contributed by atoms with Gasteiger partial charge in [0.25, 0.3) is 0 Å². The molecule has 0 unspecified atom stereocenters. The van der Waals surface area contributed by atoms with E-state index in [4.69, 9.17) is 4.42 Å². The van der Waals surface area contributed by atoms with Gasteiger partial charge < -0.3 is 4.42 Å². The highest BCUT2D eigenvalue weighted by molar-refractivity contribution is 5.93. The van der Waals surface area contributed by atoms with Crippen molar-refractivity contribution < 1.29 is 9.21 Å². The van der Waals surface area contributed by atoms with E-state index in [0.717, 1.165) is 34.2 Å². The zero-order chi connectivity index (χ0) is 12.4. The maximum Gasteiger partial charge on any atom is 0.146 e. The van der Waals surface area contributed by atoms with Crippen molar-refractivity contribution in [2.45, 2.75) is 20.8 Å². The van der Waals surface area contributed by atoms with Gasteiger partial charge in [-0.3, -0.25) is 4.79 Å². The first-order chi connectivity index (χ1) is 8.13. The van der Waals surface area contributed by atoms with Crippen LogP contribution in [-0.4, -0.2) is 6.29 Å². The van der Waals surface area contributed by atoms with E-state index in [-0.39, 0.29) is 5.92 Å². The average Bonchev–Trinajstić information content (AvgIpc) is 2.61. The Kier molecular flexibility index (Phi) is 3.14. The molecule has 0 fully saturated rings. The molecule has 1 aromatic heterocycles. The Bertz CT molecular complexity index is 574. The van der Waals surface area contributed by atoms with Crippen LogP contribution in [0, 0.1) is 12.8 Å². The number of hydrogen-bond acceptors (Lipinski definition) is 2. The summed E-state index contributed by atoms with van der Waals surface area (Å²) in [4.78, 5) is 11.0. The highest BCUT2D eigenvalue weighted by Crippen LogP contribution is 2.28. The molecule has 0 atom stereocenters. The van der Waals surface area contributed by atoms with Crippen molar-refractivity contribution in [1.82, 2.24) is 0 Å². The number of allylic oxidation sites excluding steroid dienone is 1. The molecule has 0 aliphatic carbocycles. The van der Waals surface area contributed by atoms with E-state index in [1.54, 1.807) is 0 Å². The summed E-state index contributed by atoms with van der Waals surface area (Å²) in [5.41, 5.74) is 2.67. The molecule has 2 heteroatoms. The maximum atomic E-state index is 11.0. The smallest absolute Gasteiger partial charge is 0.146 e. The van der Waals surface area contributed by atoms with Gasteiger partial charge in [0.15, 0.2) is 0 Å². The van der Waals surface area contributed by atoms with Crippen LogP contribution < -0.4 is 0 Å². The Labute approximate surface area is 101 Å². The molecule has 0 aliphatic heterocycles. The van der Waals surface area contributed by atoms with Crippen LogP contribution in [-0.2, 0) is 4.79 Å². The van der Waals surface area contributed by atoms with E-state index in [2.05, 4.69) is 0 Å². The fourth-order valence-electron chi connectivity index (χ4n) is 1.87. The lowest BCUT2D eigenvalue weighted by Crippen LogP contribution is -1.94. The fraction of sp³-hybridized carbons (Fsp3) is 0.267. The minimum atomic E-state index is 0.223. The van der Waals surface area contributed by atoms with E-state index < -0.39 is 0 Å². The predicted molar refractivity (Wildman–Crippen MR) is 69.8 cm³/mol. The van der Waals surface area contributed by atoms with Gasteiger partial charge in [-0.25, -0.2) is 0 Å². The molecule has 2 rings (SSSR count). The lowest BCUT2D eigenvalue weighted by Gasteiger charge is -2.03. The van der Waals surface area contributed by atoms with Crippen LogP contribution >= 0.6 is 0 Å². The van der Waals surface area contributed by atoms with E-state index in [0.29, 0.717) is 0 Å². The molecule has 0 radical (unpaired) electrons. The lowest BCUT2D eigenvalue weighted by molar-refractivity contribution is -0.105. The van der Waals surface area contributed by atoms with Crippen molar-refractivity contribution >= 4 is 23.3 Å². The fourth-order valence-corrected chi connectivity index (χ4v) is 1.87. The number of rotatable bonds is 3. The largest absolute Gasteiger partial charge is 0.461 e. The topological polar surface area (TPSA) is 30.2 Å².